The standard InChI is InChI=1S/C76H105N11O15S2/c1-74(2,65(79)32-12-10-13-33-66-75(3,4)60-52-56(104(97,98)99)35-37-64(60)85(66)43-23-51-103(94,95)96)59-29-19-16-25-54(59)24-11-8-7-9-14-34-67(88)80-41-39-68(89)86-53-55-26-15-17-27-57(55)70-71(58-28-18-20-31-63(58)86)87(84-83-70)44-46-101-48-50-102-49-47-100-45-42-82-76(5,6)72(92)61(77)30-21-22-40-81-73(93)62(78)36-38-69(90)91/h10,12-13,15-20,25-29,31-33,35,37,52,61-62,79,82H,7-9,11,14,21-24,30,34,36,38-51,53,77-78H2,1-6H3,(H,80,88)(H,81,93)(H,90,91)(H,94,95,96)(H,97,98,99)/b13-10+,32-12+,66-33-,79-65?/t61?,62-/m1/s1. The highest BCUT2D eigenvalue weighted by Crippen LogP contribution is 2.49. The van der Waals surface area contributed by atoms with Gasteiger partial charge in [0.1, 0.15) is 5.69 Å². The first-order valence-corrected chi connectivity index (χ1v) is 38.8. The van der Waals surface area contributed by atoms with Crippen molar-refractivity contribution in [2.75, 3.05) is 81.4 Å². The second-order valence-corrected chi connectivity index (χ2v) is 30.8. The van der Waals surface area contributed by atoms with E-state index in [0.717, 1.165) is 71.3 Å². The van der Waals surface area contributed by atoms with E-state index in [2.05, 4.69) is 38.4 Å². The number of carboxylic acids is 1. The Morgan fingerprint density at radius 2 is 1.37 bits per heavy atom. The van der Waals surface area contributed by atoms with Crippen LogP contribution in [0.5, 0.6) is 0 Å². The normalized spacial score (nSPS) is 14.7. The lowest BCUT2D eigenvalue weighted by atomic mass is 9.76. The molecule has 0 aliphatic carbocycles. The first-order chi connectivity index (χ1) is 49.4. The second kappa shape index (κ2) is 39.3. The van der Waals surface area contributed by atoms with Gasteiger partial charge in [0.2, 0.25) is 17.7 Å². The predicted molar refractivity (Wildman–Crippen MR) is 402 cm³/mol. The van der Waals surface area contributed by atoms with Gasteiger partial charge in [-0.05, 0) is 124 Å². The summed E-state index contributed by atoms with van der Waals surface area (Å²) < 4.78 is 85.7. The number of carbonyl (C=O) groups is 5. The number of aromatic nitrogens is 3. The number of nitrogens with zero attached hydrogens (tertiary/aromatic N) is 5. The molecule has 2 aliphatic rings. The Labute approximate surface area is 611 Å². The molecule has 0 spiro atoms. The maximum absolute atomic E-state index is 14.3. The molecule has 0 bridgehead atoms. The average molecular weight is 1480 g/mol. The Kier molecular flexibility index (Phi) is 31.4. The number of Topliss-reactive ketones (excluding diaryl/α,β-unsaturated/α-hetero) is 1. The minimum atomic E-state index is -4.48. The quantitative estimate of drug-likeness (QED) is 0.00759. The molecular weight excluding hydrogens is 1370 g/mol. The van der Waals surface area contributed by atoms with Crippen LogP contribution in [0.3, 0.4) is 0 Å². The van der Waals surface area contributed by atoms with Gasteiger partial charge < -0.3 is 61.9 Å². The number of ether oxygens (including phenoxy) is 3. The van der Waals surface area contributed by atoms with Crippen LogP contribution in [0.2, 0.25) is 0 Å². The largest absolute Gasteiger partial charge is 0.481 e. The highest BCUT2D eigenvalue weighted by Gasteiger charge is 2.41. The van der Waals surface area contributed by atoms with Gasteiger partial charge in [0.15, 0.2) is 5.78 Å². The third kappa shape index (κ3) is 24.2. The van der Waals surface area contributed by atoms with E-state index >= 15 is 0 Å². The van der Waals surface area contributed by atoms with Crippen molar-refractivity contribution < 1.29 is 69.2 Å². The van der Waals surface area contributed by atoms with Crippen molar-refractivity contribution in [1.29, 1.82) is 5.41 Å². The van der Waals surface area contributed by atoms with Gasteiger partial charge in [-0.25, -0.2) is 4.68 Å². The SMILES string of the molecule is CC(C)(NCCOCCOCCOCCn1nnc2c1-c1ccccc1N(C(=O)CCNC(=O)CCCCCCCc1ccccc1C(C)(C)C(=N)/C=C/C=C/C=C1\N(CCCS(=O)(=O)O)c3ccc(S(=O)(=O)O)cc3C1(C)C)Cc1ccccc1-2)C(=O)C(N)CCCCNC(=O)[C@H](N)CCC(=O)O. The average Bonchev–Trinajstić information content (AvgIpc) is 1.58. The smallest absolute Gasteiger partial charge is 0.303 e. The summed E-state index contributed by atoms with van der Waals surface area (Å²) in [5, 5.41) is 36.1. The van der Waals surface area contributed by atoms with Gasteiger partial charge in [-0.1, -0.05) is 137 Å². The van der Waals surface area contributed by atoms with Crippen LogP contribution in [0.4, 0.5) is 11.4 Å². The fraction of sp³-hybridized carbons (Fsp3) is 0.500. The number of carbonyl (C=O) groups excluding carboxylic acids is 4. The summed E-state index contributed by atoms with van der Waals surface area (Å²) >= 11 is 0. The van der Waals surface area contributed by atoms with Crippen LogP contribution in [0.1, 0.15) is 147 Å². The number of hydrogen-bond donors (Lipinski definition) is 9. The monoisotopic (exact) mass is 1480 g/mol. The number of unbranched alkanes of at least 4 members (excludes halogenated alkanes) is 5. The second-order valence-electron chi connectivity index (χ2n) is 27.8. The van der Waals surface area contributed by atoms with Crippen LogP contribution < -0.4 is 37.2 Å². The van der Waals surface area contributed by atoms with Gasteiger partial charge in [-0.3, -0.25) is 33.1 Å². The fourth-order valence-electron chi connectivity index (χ4n) is 12.9. The van der Waals surface area contributed by atoms with Crippen molar-refractivity contribution in [2.45, 2.75) is 178 Å². The minimum absolute atomic E-state index is 0.0541. The molecule has 0 saturated carbocycles. The molecule has 0 saturated heterocycles. The van der Waals surface area contributed by atoms with Crippen molar-refractivity contribution in [1.82, 2.24) is 30.9 Å². The van der Waals surface area contributed by atoms with Crippen LogP contribution in [-0.2, 0) is 88.8 Å². The summed E-state index contributed by atoms with van der Waals surface area (Å²) in [5.74, 6) is -2.26. The third-order valence-corrected chi connectivity index (χ3v) is 20.5. The highest BCUT2D eigenvalue weighted by atomic mass is 32.2. The molecule has 3 heterocycles. The topological polar surface area (TPSA) is 391 Å². The van der Waals surface area contributed by atoms with E-state index in [-0.39, 0.29) is 61.3 Å². The van der Waals surface area contributed by atoms with E-state index in [9.17, 15) is 49.9 Å². The number of fused-ring (bicyclic) bond motifs is 6. The number of hydrogen-bond acceptors (Lipinski definition) is 19. The predicted octanol–water partition coefficient (Wildman–Crippen LogP) is 8.96. The molecule has 2 aliphatic heterocycles. The van der Waals surface area contributed by atoms with Crippen molar-refractivity contribution in [3.05, 3.63) is 149 Å². The molecule has 0 radical (unpaired) electrons. The summed E-state index contributed by atoms with van der Waals surface area (Å²) in [6, 6.07) is 26.4. The Morgan fingerprint density at radius 1 is 0.692 bits per heavy atom. The summed E-state index contributed by atoms with van der Waals surface area (Å²) in [7, 11) is -8.70. The van der Waals surface area contributed by atoms with Crippen molar-refractivity contribution in [2.24, 2.45) is 11.5 Å². The lowest BCUT2D eigenvalue weighted by Gasteiger charge is -2.29. The minimum Gasteiger partial charge on any atom is -0.481 e. The van der Waals surface area contributed by atoms with Gasteiger partial charge in [-0.15, -0.1) is 5.10 Å². The maximum Gasteiger partial charge on any atom is 0.303 e. The number of para-hydroxylation sites is 1. The maximum atomic E-state index is 14.3. The molecule has 3 amide bonds. The zero-order valence-electron chi connectivity index (χ0n) is 60.7. The van der Waals surface area contributed by atoms with Gasteiger partial charge >= 0.3 is 5.97 Å². The molecule has 0 fully saturated rings. The molecule has 566 valence electrons. The van der Waals surface area contributed by atoms with E-state index in [0.29, 0.717) is 126 Å². The number of nitrogens with two attached hydrogens (primary N) is 2. The fourth-order valence-corrected chi connectivity index (χ4v) is 13.9. The van der Waals surface area contributed by atoms with Crippen molar-refractivity contribution >= 4 is 66.8 Å². The molecule has 2 atom stereocenters. The molecular formula is C76H105N11O15S2. The van der Waals surface area contributed by atoms with E-state index in [1.165, 1.54) is 12.1 Å². The molecule has 5 aromatic rings. The van der Waals surface area contributed by atoms with Gasteiger partial charge in [0, 0.05) is 84.5 Å². The number of ketones is 1. The number of allylic oxidation sites excluding steroid dienone is 6. The number of carboxylic acid groups (broad SMARTS) is 1. The van der Waals surface area contributed by atoms with Crippen LogP contribution in [0.25, 0.3) is 22.5 Å². The number of aliphatic carboxylic acids is 1. The lowest BCUT2D eigenvalue weighted by Crippen LogP contribution is -2.54. The Morgan fingerprint density at radius 3 is 2.10 bits per heavy atom. The first-order valence-electron chi connectivity index (χ1n) is 35.7. The van der Waals surface area contributed by atoms with Gasteiger partial charge in [0.25, 0.3) is 20.2 Å². The molecule has 7 rings (SSSR count). The Bertz CT molecular complexity index is 4090. The van der Waals surface area contributed by atoms with E-state index in [1.807, 2.05) is 99.3 Å². The Hall–Kier alpha value is -8.16. The van der Waals surface area contributed by atoms with E-state index in [1.54, 1.807) is 53.8 Å². The molecule has 104 heavy (non-hydrogen) atoms. The summed E-state index contributed by atoms with van der Waals surface area (Å²) in [5.41, 5.74) is 19.1. The van der Waals surface area contributed by atoms with Crippen LogP contribution in [-0.4, -0.2) is 170 Å². The molecule has 4 aromatic carbocycles. The van der Waals surface area contributed by atoms with Gasteiger partial charge in [-0.2, -0.15) is 16.8 Å². The number of amides is 3. The summed E-state index contributed by atoms with van der Waals surface area (Å²) in [6.45, 7) is 15.3. The van der Waals surface area contributed by atoms with Crippen LogP contribution >= 0.6 is 0 Å². The number of nitrogens with one attached hydrogen (secondary N) is 4. The van der Waals surface area contributed by atoms with Crippen molar-refractivity contribution in [3.63, 3.8) is 0 Å². The number of anilines is 2. The number of benzene rings is 4. The Balaban J connectivity index is 0.792. The lowest BCUT2D eigenvalue weighted by molar-refractivity contribution is -0.137. The summed E-state index contributed by atoms with van der Waals surface area (Å²) in [4.78, 5) is 66.8. The first kappa shape index (κ1) is 83.1. The molecule has 28 heteroatoms. The number of aryl methyl sites for hydroxylation is 1. The van der Waals surface area contributed by atoms with Gasteiger partial charge in [0.05, 0.1) is 92.4 Å². The zero-order valence-corrected chi connectivity index (χ0v) is 62.4. The van der Waals surface area contributed by atoms with Crippen molar-refractivity contribution in [3.8, 4) is 22.5 Å². The van der Waals surface area contributed by atoms with Crippen LogP contribution in [0, 0.1) is 5.41 Å². The third-order valence-electron chi connectivity index (χ3n) is 18.9. The highest BCUT2D eigenvalue weighted by molar-refractivity contribution is 7.86. The van der Waals surface area contributed by atoms with E-state index in [4.69, 9.17) is 36.2 Å². The molecule has 11 N–H and O–H groups in total. The molecule has 26 nitrogen and oxygen atoms in total. The zero-order chi connectivity index (χ0) is 75.7. The molecule has 1 aromatic heterocycles. The van der Waals surface area contributed by atoms with Crippen LogP contribution in [0.15, 0.2) is 132 Å². The summed E-state index contributed by atoms with van der Waals surface area (Å²) in [6.07, 6.45) is 16.3. The molecule has 1 unspecified atom stereocenters. The van der Waals surface area contributed by atoms with E-state index < -0.39 is 66.3 Å². The number of rotatable bonds is 45.